The molecule has 2 N–H and O–H groups in total. The first-order valence-corrected chi connectivity index (χ1v) is 11.1. The highest BCUT2D eigenvalue weighted by molar-refractivity contribution is 7.92. The molecule has 1 aromatic carbocycles. The Bertz CT molecular complexity index is 1160. The fourth-order valence-electron chi connectivity index (χ4n) is 2.91. The van der Waals surface area contributed by atoms with E-state index < -0.39 is 31.9 Å². The van der Waals surface area contributed by atoms with E-state index in [0.29, 0.717) is 11.1 Å². The summed E-state index contributed by atoms with van der Waals surface area (Å²) in [6, 6.07) is 7.14. The summed E-state index contributed by atoms with van der Waals surface area (Å²) in [5.74, 6) is -2.10. The van der Waals surface area contributed by atoms with Gasteiger partial charge >= 0.3 is 0 Å². The van der Waals surface area contributed by atoms with Crippen LogP contribution < -0.4 is 11.0 Å². The van der Waals surface area contributed by atoms with Crippen molar-refractivity contribution in [2.45, 2.75) is 24.6 Å². The largest absolute Gasteiger partial charge is 0.345 e. The summed E-state index contributed by atoms with van der Waals surface area (Å²) in [6.07, 6.45) is 1.40. The summed E-state index contributed by atoms with van der Waals surface area (Å²) in [7, 11) is -0.738. The molecule has 0 radical (unpaired) electrons. The number of pyridine rings is 1. The molecular formula is C20H24FN3O6S. The van der Waals surface area contributed by atoms with Crippen LogP contribution in [0.2, 0.25) is 0 Å². The number of carbonyl (C=O) groups is 2. The summed E-state index contributed by atoms with van der Waals surface area (Å²) in [6.45, 7) is 0.837. The molecule has 2 rings (SSSR count). The Kier molecular flexibility index (Phi) is 7.02. The van der Waals surface area contributed by atoms with Crippen LogP contribution in [0.4, 0.5) is 4.39 Å². The number of hydrogen-bond donors (Lipinski definition) is 2. The highest BCUT2D eigenvalue weighted by Gasteiger charge is 2.43. The first kappa shape index (κ1) is 24.2. The third-order valence-electron chi connectivity index (χ3n) is 5.16. The Morgan fingerprint density at radius 1 is 1.23 bits per heavy atom. The average Bonchev–Trinajstić information content (AvgIpc) is 2.71. The van der Waals surface area contributed by atoms with Gasteiger partial charge in [-0.25, -0.2) is 18.3 Å². The summed E-state index contributed by atoms with van der Waals surface area (Å²) in [4.78, 5) is 37.7. The quantitative estimate of drug-likeness (QED) is 0.477. The van der Waals surface area contributed by atoms with Crippen LogP contribution in [0.1, 0.15) is 23.7 Å². The zero-order valence-corrected chi connectivity index (χ0v) is 18.4. The molecular weight excluding hydrogens is 429 g/mol. The molecule has 1 heterocycles. The van der Waals surface area contributed by atoms with Crippen LogP contribution in [-0.2, 0) is 21.2 Å². The summed E-state index contributed by atoms with van der Waals surface area (Å²) in [5.41, 5.74) is 1.52. The number of rotatable bonds is 7. The lowest BCUT2D eigenvalue weighted by atomic mass is 10.0. The van der Waals surface area contributed by atoms with Gasteiger partial charge in [-0.15, -0.1) is 0 Å². The van der Waals surface area contributed by atoms with Gasteiger partial charge in [0.25, 0.3) is 17.4 Å². The third kappa shape index (κ3) is 5.00. The molecule has 0 spiro atoms. The van der Waals surface area contributed by atoms with Crippen LogP contribution in [0.15, 0.2) is 41.3 Å². The van der Waals surface area contributed by atoms with E-state index in [1.54, 1.807) is 14.1 Å². The van der Waals surface area contributed by atoms with Gasteiger partial charge in [0.15, 0.2) is 14.6 Å². The molecule has 11 heteroatoms. The minimum atomic E-state index is -3.95. The maximum Gasteiger partial charge on any atom is 0.264 e. The van der Waals surface area contributed by atoms with Crippen LogP contribution in [0.25, 0.3) is 11.1 Å². The van der Waals surface area contributed by atoms with E-state index in [0.717, 1.165) is 30.0 Å². The van der Waals surface area contributed by atoms with Crippen molar-refractivity contribution in [3.8, 4) is 11.1 Å². The topological polar surface area (TPSA) is 126 Å². The fraction of sp³-hybridized carbons (Fsp3) is 0.350. The standard InChI is InChI=1S/C20H24FN3O6S/c1-20(19(27)22-28,31(4,29)30)9-10-24-12-16(21)15(11-17(24)25)13-5-7-14(8-6-13)18(26)23(2)3/h5-8,11-12,28H,9-10H2,1-4H3,(H,22,27). The number of benzene rings is 1. The third-order valence-corrected chi connectivity index (χ3v) is 7.18. The molecule has 1 unspecified atom stereocenters. The molecule has 2 amide bonds. The number of sulfone groups is 1. The zero-order chi connectivity index (χ0) is 23.6. The van der Waals surface area contributed by atoms with Crippen LogP contribution in [0.5, 0.6) is 0 Å². The van der Waals surface area contributed by atoms with Gasteiger partial charge in [0.05, 0.1) is 0 Å². The Morgan fingerprint density at radius 3 is 2.29 bits per heavy atom. The number of nitrogens with one attached hydrogen (secondary N) is 1. The van der Waals surface area contributed by atoms with Crippen molar-refractivity contribution < 1.29 is 27.6 Å². The van der Waals surface area contributed by atoms with E-state index in [4.69, 9.17) is 5.21 Å². The van der Waals surface area contributed by atoms with Crippen molar-refractivity contribution in [2.75, 3.05) is 20.4 Å². The van der Waals surface area contributed by atoms with Gasteiger partial charge in [-0.2, -0.15) is 0 Å². The van der Waals surface area contributed by atoms with Crippen molar-refractivity contribution in [3.63, 3.8) is 0 Å². The summed E-state index contributed by atoms with van der Waals surface area (Å²) < 4.78 is 37.7. The lowest BCUT2D eigenvalue weighted by Crippen LogP contribution is -2.50. The molecule has 2 aromatic rings. The summed E-state index contributed by atoms with van der Waals surface area (Å²) >= 11 is 0. The van der Waals surface area contributed by atoms with Gasteiger partial charge in [-0.1, -0.05) is 12.1 Å². The number of hydroxylamine groups is 1. The number of aryl methyl sites for hydroxylation is 1. The van der Waals surface area contributed by atoms with Crippen LogP contribution in [0.3, 0.4) is 0 Å². The number of amides is 2. The van der Waals surface area contributed by atoms with Crippen LogP contribution >= 0.6 is 0 Å². The first-order valence-electron chi connectivity index (χ1n) is 9.18. The van der Waals surface area contributed by atoms with Gasteiger partial charge in [0.2, 0.25) is 0 Å². The Hall–Kier alpha value is -3.05. The van der Waals surface area contributed by atoms with Crippen molar-refractivity contribution in [1.29, 1.82) is 0 Å². The molecule has 0 saturated heterocycles. The maximum absolute atomic E-state index is 14.7. The molecule has 1 atom stereocenters. The number of hydrogen-bond acceptors (Lipinski definition) is 6. The molecule has 0 bridgehead atoms. The fourth-order valence-corrected chi connectivity index (χ4v) is 3.76. The molecule has 0 aliphatic carbocycles. The lowest BCUT2D eigenvalue weighted by Gasteiger charge is -2.25. The van der Waals surface area contributed by atoms with E-state index >= 15 is 0 Å². The van der Waals surface area contributed by atoms with Crippen molar-refractivity contribution >= 4 is 21.7 Å². The van der Waals surface area contributed by atoms with Gasteiger partial charge in [0.1, 0.15) is 5.82 Å². The van der Waals surface area contributed by atoms with E-state index in [2.05, 4.69) is 0 Å². The monoisotopic (exact) mass is 453 g/mol. The molecule has 0 fully saturated rings. The van der Waals surface area contributed by atoms with Crippen molar-refractivity contribution in [3.05, 3.63) is 58.3 Å². The second-order valence-corrected chi connectivity index (χ2v) is 9.98. The van der Waals surface area contributed by atoms with E-state index in [9.17, 15) is 27.2 Å². The highest BCUT2D eigenvalue weighted by atomic mass is 32.2. The van der Waals surface area contributed by atoms with Crippen LogP contribution in [-0.4, -0.2) is 60.0 Å². The predicted octanol–water partition coefficient (Wildman–Crippen LogP) is 1.06. The molecule has 0 aliphatic heterocycles. The van der Waals surface area contributed by atoms with E-state index in [1.807, 2.05) is 0 Å². The Balaban J connectivity index is 2.33. The number of carbonyl (C=O) groups excluding carboxylic acids is 2. The van der Waals surface area contributed by atoms with Crippen LogP contribution in [0, 0.1) is 5.82 Å². The maximum atomic E-state index is 14.7. The normalized spacial score (nSPS) is 13.4. The molecule has 0 aliphatic rings. The summed E-state index contributed by atoms with van der Waals surface area (Å²) in [5, 5.41) is 8.86. The molecule has 168 valence electrons. The molecule has 9 nitrogen and oxygen atoms in total. The van der Waals surface area contributed by atoms with Gasteiger partial charge in [-0.05, 0) is 31.0 Å². The number of aromatic nitrogens is 1. The van der Waals surface area contributed by atoms with Gasteiger partial charge in [-0.3, -0.25) is 19.6 Å². The van der Waals surface area contributed by atoms with E-state index in [-0.39, 0.29) is 24.4 Å². The SMILES string of the molecule is CN(C)C(=O)c1ccc(-c2cc(=O)n(CCC(C)(C(=O)NO)S(C)(=O)=O)cc2F)cc1. The highest BCUT2D eigenvalue weighted by Crippen LogP contribution is 2.24. The Labute approximate surface area is 179 Å². The van der Waals surface area contributed by atoms with Gasteiger partial charge in [0, 0.05) is 50.3 Å². The van der Waals surface area contributed by atoms with Crippen molar-refractivity contribution in [2.24, 2.45) is 0 Å². The molecule has 1 aromatic heterocycles. The average molecular weight is 453 g/mol. The Morgan fingerprint density at radius 2 is 1.81 bits per heavy atom. The second-order valence-electron chi connectivity index (χ2n) is 7.54. The lowest BCUT2D eigenvalue weighted by molar-refractivity contribution is -0.131. The smallest absolute Gasteiger partial charge is 0.264 e. The molecule has 0 saturated carbocycles. The zero-order valence-electron chi connectivity index (χ0n) is 17.5. The first-order chi connectivity index (χ1) is 14.3. The minimum Gasteiger partial charge on any atom is -0.345 e. The predicted molar refractivity (Wildman–Crippen MR) is 112 cm³/mol. The van der Waals surface area contributed by atoms with Gasteiger partial charge < -0.3 is 9.47 Å². The van der Waals surface area contributed by atoms with Crippen molar-refractivity contribution in [1.82, 2.24) is 14.9 Å². The number of halogens is 1. The van der Waals surface area contributed by atoms with E-state index in [1.165, 1.54) is 34.6 Å². The molecule has 31 heavy (non-hydrogen) atoms. The second kappa shape index (κ2) is 8.98. The minimum absolute atomic E-state index is 0.0177. The number of nitrogens with zero attached hydrogens (tertiary/aromatic N) is 2.